The molecule has 0 bridgehead atoms. The van der Waals surface area contributed by atoms with Gasteiger partial charge in [-0.2, -0.15) is 0 Å². The summed E-state index contributed by atoms with van der Waals surface area (Å²) in [5.41, 5.74) is 2.03. The second kappa shape index (κ2) is 10.7. The molecule has 0 aromatic heterocycles. The number of amides is 2. The van der Waals surface area contributed by atoms with Gasteiger partial charge in [0.1, 0.15) is 0 Å². The maximum atomic E-state index is 13.4. The van der Waals surface area contributed by atoms with Gasteiger partial charge in [-0.1, -0.05) is 53.6 Å². The quantitative estimate of drug-likeness (QED) is 0.387. The van der Waals surface area contributed by atoms with Crippen LogP contribution in [-0.4, -0.2) is 24.4 Å². The molecule has 3 rings (SSSR count). The van der Waals surface area contributed by atoms with Crippen LogP contribution in [0.2, 0.25) is 5.02 Å². The van der Waals surface area contributed by atoms with Crippen LogP contribution < -0.4 is 10.6 Å². The molecule has 0 aliphatic heterocycles. The Labute approximate surface area is 193 Å². The van der Waals surface area contributed by atoms with Gasteiger partial charge in [-0.3, -0.25) is 9.59 Å². The highest BCUT2D eigenvalue weighted by Gasteiger charge is 2.18. The first-order chi connectivity index (χ1) is 15.7. The van der Waals surface area contributed by atoms with Gasteiger partial charge >= 0.3 is 5.97 Å². The second-order valence-electron chi connectivity index (χ2n) is 7.08. The predicted octanol–water partition coefficient (Wildman–Crippen LogP) is 4.65. The van der Waals surface area contributed by atoms with Crippen molar-refractivity contribution in [1.82, 2.24) is 5.32 Å². The molecule has 0 heterocycles. The third kappa shape index (κ3) is 6.36. The van der Waals surface area contributed by atoms with Gasteiger partial charge in [-0.05, 0) is 36.8 Å². The third-order valence-electron chi connectivity index (χ3n) is 4.58. The lowest BCUT2D eigenvalue weighted by Crippen LogP contribution is -2.26. The van der Waals surface area contributed by atoms with E-state index in [2.05, 4.69) is 10.6 Å². The van der Waals surface area contributed by atoms with E-state index < -0.39 is 41.6 Å². The molecule has 0 saturated carbocycles. The van der Waals surface area contributed by atoms with Gasteiger partial charge < -0.3 is 15.4 Å². The molecule has 0 aliphatic rings. The smallest absolute Gasteiger partial charge is 0.340 e. The van der Waals surface area contributed by atoms with E-state index in [1.54, 1.807) is 12.1 Å². The van der Waals surface area contributed by atoms with E-state index >= 15 is 0 Å². The summed E-state index contributed by atoms with van der Waals surface area (Å²) in [6.07, 6.45) is 0. The van der Waals surface area contributed by atoms with Crippen LogP contribution >= 0.6 is 11.6 Å². The van der Waals surface area contributed by atoms with E-state index in [4.69, 9.17) is 16.3 Å². The fraction of sp³-hybridized carbons (Fsp3) is 0.125. The van der Waals surface area contributed by atoms with Crippen LogP contribution in [0.3, 0.4) is 0 Å². The van der Waals surface area contributed by atoms with Crippen LogP contribution in [0.5, 0.6) is 0 Å². The standard InChI is InChI=1S/C24H19ClF2N2O4/c1-14-6-8-15(9-7-14)12-28-23(31)16-4-2-3-5-21(16)29-22(30)13-33-24(32)17-10-19(26)20(27)11-18(17)25/h2-11H,12-13H2,1H3,(H,28,31)(H,29,30). The number of aryl methyl sites for hydroxylation is 1. The van der Waals surface area contributed by atoms with Crippen molar-refractivity contribution in [3.05, 3.63) is 99.6 Å². The Morgan fingerprint density at radius 3 is 2.33 bits per heavy atom. The summed E-state index contributed by atoms with van der Waals surface area (Å²) in [6.45, 7) is 1.53. The van der Waals surface area contributed by atoms with Gasteiger partial charge in [0.2, 0.25) is 0 Å². The van der Waals surface area contributed by atoms with Crippen LogP contribution in [0.4, 0.5) is 14.5 Å². The summed E-state index contributed by atoms with van der Waals surface area (Å²) in [6, 6.07) is 15.2. The van der Waals surface area contributed by atoms with E-state index in [0.29, 0.717) is 18.7 Å². The number of halogens is 3. The number of carbonyl (C=O) groups excluding carboxylic acids is 3. The van der Waals surface area contributed by atoms with E-state index in [1.165, 1.54) is 12.1 Å². The van der Waals surface area contributed by atoms with Crippen molar-refractivity contribution in [2.75, 3.05) is 11.9 Å². The van der Waals surface area contributed by atoms with Crippen LogP contribution in [0.15, 0.2) is 60.7 Å². The Kier molecular flexibility index (Phi) is 7.74. The molecule has 2 N–H and O–H groups in total. The lowest BCUT2D eigenvalue weighted by molar-refractivity contribution is -0.119. The number of esters is 1. The predicted molar refractivity (Wildman–Crippen MR) is 119 cm³/mol. The normalized spacial score (nSPS) is 10.4. The number of anilines is 1. The minimum Gasteiger partial charge on any atom is -0.452 e. The van der Waals surface area contributed by atoms with Crippen molar-refractivity contribution in [3.63, 3.8) is 0 Å². The molecule has 3 aromatic carbocycles. The fourth-order valence-electron chi connectivity index (χ4n) is 2.85. The molecule has 6 nitrogen and oxygen atoms in total. The molecular formula is C24H19ClF2N2O4. The third-order valence-corrected chi connectivity index (χ3v) is 4.90. The lowest BCUT2D eigenvalue weighted by atomic mass is 10.1. The van der Waals surface area contributed by atoms with E-state index in [1.807, 2.05) is 31.2 Å². The monoisotopic (exact) mass is 472 g/mol. The number of hydrogen-bond acceptors (Lipinski definition) is 4. The Balaban J connectivity index is 1.60. The van der Waals surface area contributed by atoms with Crippen molar-refractivity contribution < 1.29 is 27.9 Å². The number of nitrogens with one attached hydrogen (secondary N) is 2. The highest BCUT2D eigenvalue weighted by molar-refractivity contribution is 6.33. The zero-order chi connectivity index (χ0) is 24.0. The molecule has 170 valence electrons. The molecule has 3 aromatic rings. The molecular weight excluding hydrogens is 454 g/mol. The summed E-state index contributed by atoms with van der Waals surface area (Å²) in [4.78, 5) is 36.9. The van der Waals surface area contributed by atoms with Crippen molar-refractivity contribution >= 4 is 35.1 Å². The Bertz CT molecular complexity index is 1200. The SMILES string of the molecule is Cc1ccc(CNC(=O)c2ccccc2NC(=O)COC(=O)c2cc(F)c(F)cc2Cl)cc1. The number of para-hydroxylation sites is 1. The van der Waals surface area contributed by atoms with Crippen LogP contribution in [0.1, 0.15) is 31.8 Å². The summed E-state index contributed by atoms with van der Waals surface area (Å²) in [5, 5.41) is 4.92. The first-order valence-electron chi connectivity index (χ1n) is 9.79. The molecule has 0 atom stereocenters. The molecule has 0 saturated heterocycles. The highest BCUT2D eigenvalue weighted by Crippen LogP contribution is 2.21. The van der Waals surface area contributed by atoms with E-state index in [9.17, 15) is 23.2 Å². The maximum absolute atomic E-state index is 13.4. The minimum atomic E-state index is -1.28. The van der Waals surface area contributed by atoms with Gasteiger partial charge in [0.05, 0.1) is 21.8 Å². The van der Waals surface area contributed by atoms with E-state index in [-0.39, 0.29) is 16.3 Å². The van der Waals surface area contributed by atoms with Crippen molar-refractivity contribution in [1.29, 1.82) is 0 Å². The number of benzene rings is 3. The first-order valence-corrected chi connectivity index (χ1v) is 10.2. The average molecular weight is 473 g/mol. The zero-order valence-corrected chi connectivity index (χ0v) is 18.2. The largest absolute Gasteiger partial charge is 0.452 e. The van der Waals surface area contributed by atoms with E-state index in [0.717, 1.165) is 11.1 Å². The summed E-state index contributed by atoms with van der Waals surface area (Å²) in [7, 11) is 0. The van der Waals surface area contributed by atoms with Crippen molar-refractivity contribution in [2.45, 2.75) is 13.5 Å². The highest BCUT2D eigenvalue weighted by atomic mass is 35.5. The molecule has 9 heteroatoms. The first kappa shape index (κ1) is 23.9. The summed E-state index contributed by atoms with van der Waals surface area (Å²) in [5.74, 6) is -4.73. The van der Waals surface area contributed by atoms with Crippen molar-refractivity contribution in [2.24, 2.45) is 0 Å². The Hall–Kier alpha value is -3.78. The van der Waals surface area contributed by atoms with Gasteiger partial charge in [0.15, 0.2) is 18.2 Å². The Morgan fingerprint density at radius 2 is 1.61 bits per heavy atom. The molecule has 0 aliphatic carbocycles. The molecule has 0 fully saturated rings. The molecule has 0 radical (unpaired) electrons. The average Bonchev–Trinajstić information content (AvgIpc) is 2.79. The van der Waals surface area contributed by atoms with Crippen LogP contribution in [-0.2, 0) is 16.1 Å². The zero-order valence-electron chi connectivity index (χ0n) is 17.5. The fourth-order valence-corrected chi connectivity index (χ4v) is 3.08. The van der Waals surface area contributed by atoms with Gasteiger partial charge in [0.25, 0.3) is 11.8 Å². The minimum absolute atomic E-state index is 0.214. The number of carbonyl (C=O) groups is 3. The lowest BCUT2D eigenvalue weighted by Gasteiger charge is -2.12. The summed E-state index contributed by atoms with van der Waals surface area (Å²) >= 11 is 5.73. The molecule has 0 spiro atoms. The molecule has 33 heavy (non-hydrogen) atoms. The number of ether oxygens (including phenoxy) is 1. The molecule has 0 unspecified atom stereocenters. The number of hydrogen-bond donors (Lipinski definition) is 2. The van der Waals surface area contributed by atoms with Gasteiger partial charge in [-0.25, -0.2) is 13.6 Å². The Morgan fingerprint density at radius 1 is 0.939 bits per heavy atom. The van der Waals surface area contributed by atoms with Crippen LogP contribution in [0, 0.1) is 18.6 Å². The van der Waals surface area contributed by atoms with Gasteiger partial charge in [0, 0.05) is 6.54 Å². The van der Waals surface area contributed by atoms with Gasteiger partial charge in [-0.15, -0.1) is 0 Å². The molecule has 2 amide bonds. The van der Waals surface area contributed by atoms with Crippen molar-refractivity contribution in [3.8, 4) is 0 Å². The summed E-state index contributed by atoms with van der Waals surface area (Å²) < 4.78 is 31.3. The second-order valence-corrected chi connectivity index (χ2v) is 7.49. The maximum Gasteiger partial charge on any atom is 0.340 e. The topological polar surface area (TPSA) is 84.5 Å². The van der Waals surface area contributed by atoms with Crippen LogP contribution in [0.25, 0.3) is 0 Å². The number of rotatable bonds is 7.